The van der Waals surface area contributed by atoms with Crippen molar-refractivity contribution in [1.29, 1.82) is 0 Å². The Kier molecular flexibility index (Phi) is 4.20. The van der Waals surface area contributed by atoms with E-state index in [4.69, 9.17) is 0 Å². The van der Waals surface area contributed by atoms with Gasteiger partial charge < -0.3 is 5.32 Å². The predicted molar refractivity (Wildman–Crippen MR) is 69.6 cm³/mol. The Labute approximate surface area is 113 Å². The van der Waals surface area contributed by atoms with E-state index in [1.54, 1.807) is 6.07 Å². The molecule has 1 nitrogen and oxygen atoms in total. The van der Waals surface area contributed by atoms with Crippen molar-refractivity contribution in [3.05, 3.63) is 28.2 Å². The van der Waals surface area contributed by atoms with E-state index < -0.39 is 11.7 Å². The number of anilines is 1. The molecule has 0 amide bonds. The van der Waals surface area contributed by atoms with Crippen LogP contribution in [0.5, 0.6) is 0 Å². The van der Waals surface area contributed by atoms with Crippen LogP contribution in [-0.4, -0.2) is 6.54 Å². The Bertz CT molecular complexity index is 411. The van der Waals surface area contributed by atoms with E-state index in [1.165, 1.54) is 31.7 Å². The van der Waals surface area contributed by atoms with Crippen LogP contribution in [0.15, 0.2) is 22.7 Å². The molecule has 1 saturated carbocycles. The molecule has 0 spiro atoms. The first-order valence-electron chi connectivity index (χ1n) is 6.07. The second kappa shape index (κ2) is 5.51. The SMILES string of the molecule is FC(F)(F)c1cc(Br)cc(NCC2CCCC2)c1. The maximum atomic E-state index is 12.6. The predicted octanol–water partition coefficient (Wildman–Crippen LogP) is 5.07. The third kappa shape index (κ3) is 3.64. The lowest BCUT2D eigenvalue weighted by molar-refractivity contribution is -0.137. The normalized spacial score (nSPS) is 17.1. The maximum absolute atomic E-state index is 12.6. The van der Waals surface area contributed by atoms with Gasteiger partial charge in [-0.3, -0.25) is 0 Å². The van der Waals surface area contributed by atoms with Crippen LogP contribution in [0.2, 0.25) is 0 Å². The van der Waals surface area contributed by atoms with Crippen molar-refractivity contribution < 1.29 is 13.2 Å². The van der Waals surface area contributed by atoms with Crippen molar-refractivity contribution in [2.75, 3.05) is 11.9 Å². The van der Waals surface area contributed by atoms with E-state index in [2.05, 4.69) is 21.2 Å². The second-order valence-corrected chi connectivity index (χ2v) is 5.67. The molecule has 0 aromatic heterocycles. The van der Waals surface area contributed by atoms with Crippen LogP contribution in [0.3, 0.4) is 0 Å². The molecule has 100 valence electrons. The molecule has 1 aliphatic carbocycles. The van der Waals surface area contributed by atoms with Crippen LogP contribution >= 0.6 is 15.9 Å². The van der Waals surface area contributed by atoms with Crippen molar-refractivity contribution >= 4 is 21.6 Å². The average molecular weight is 322 g/mol. The summed E-state index contributed by atoms with van der Waals surface area (Å²) in [4.78, 5) is 0. The van der Waals surface area contributed by atoms with E-state index >= 15 is 0 Å². The molecule has 1 aromatic rings. The molecule has 0 heterocycles. The molecule has 2 rings (SSSR count). The summed E-state index contributed by atoms with van der Waals surface area (Å²) in [6.45, 7) is 0.758. The van der Waals surface area contributed by atoms with Crippen LogP contribution in [0.4, 0.5) is 18.9 Å². The van der Waals surface area contributed by atoms with E-state index in [0.29, 0.717) is 16.1 Å². The van der Waals surface area contributed by atoms with Gasteiger partial charge in [-0.15, -0.1) is 0 Å². The van der Waals surface area contributed by atoms with E-state index in [0.717, 1.165) is 12.6 Å². The summed E-state index contributed by atoms with van der Waals surface area (Å²) in [6.07, 6.45) is 0.519. The van der Waals surface area contributed by atoms with Crippen molar-refractivity contribution in [3.8, 4) is 0 Å². The Morgan fingerprint density at radius 3 is 2.44 bits per heavy atom. The molecular formula is C13H15BrF3N. The van der Waals surface area contributed by atoms with Crippen LogP contribution in [0, 0.1) is 5.92 Å². The highest BCUT2D eigenvalue weighted by Crippen LogP contribution is 2.33. The standard InChI is InChI=1S/C13H15BrF3N/c14-11-5-10(13(15,16)17)6-12(7-11)18-8-9-3-1-2-4-9/h5-7,9,18H,1-4,8H2. The molecule has 1 aromatic carbocycles. The lowest BCUT2D eigenvalue weighted by atomic mass is 10.1. The second-order valence-electron chi connectivity index (χ2n) is 4.76. The number of benzene rings is 1. The highest BCUT2D eigenvalue weighted by Gasteiger charge is 2.31. The van der Waals surface area contributed by atoms with Gasteiger partial charge in [0.15, 0.2) is 0 Å². The van der Waals surface area contributed by atoms with Crippen LogP contribution in [-0.2, 0) is 6.18 Å². The number of rotatable bonds is 3. The lowest BCUT2D eigenvalue weighted by Gasteiger charge is -2.14. The van der Waals surface area contributed by atoms with Gasteiger partial charge in [-0.1, -0.05) is 28.8 Å². The summed E-state index contributed by atoms with van der Waals surface area (Å²) in [6, 6.07) is 3.95. The summed E-state index contributed by atoms with van der Waals surface area (Å²) in [5.41, 5.74) is -0.0885. The van der Waals surface area contributed by atoms with Crippen LogP contribution in [0.1, 0.15) is 31.2 Å². The minimum absolute atomic E-state index is 0.450. The van der Waals surface area contributed by atoms with Gasteiger partial charge in [0, 0.05) is 16.7 Å². The fourth-order valence-electron chi connectivity index (χ4n) is 2.33. The third-order valence-corrected chi connectivity index (χ3v) is 3.75. The first-order valence-corrected chi connectivity index (χ1v) is 6.86. The first kappa shape index (κ1) is 13.7. The number of hydrogen-bond acceptors (Lipinski definition) is 1. The Hall–Kier alpha value is -0.710. The molecule has 5 heteroatoms. The van der Waals surface area contributed by atoms with Gasteiger partial charge >= 0.3 is 6.18 Å². The Morgan fingerprint density at radius 1 is 1.17 bits per heavy atom. The largest absolute Gasteiger partial charge is 0.416 e. The van der Waals surface area contributed by atoms with Crippen molar-refractivity contribution in [2.24, 2.45) is 5.92 Å². The maximum Gasteiger partial charge on any atom is 0.416 e. The Morgan fingerprint density at radius 2 is 1.83 bits per heavy atom. The number of halogens is 4. The van der Waals surface area contributed by atoms with Gasteiger partial charge in [-0.05, 0) is 37.0 Å². The first-order chi connectivity index (χ1) is 8.45. The fourth-order valence-corrected chi connectivity index (χ4v) is 2.83. The highest BCUT2D eigenvalue weighted by atomic mass is 79.9. The van der Waals surface area contributed by atoms with Crippen LogP contribution < -0.4 is 5.32 Å². The zero-order valence-electron chi connectivity index (χ0n) is 9.86. The zero-order chi connectivity index (χ0) is 13.2. The van der Waals surface area contributed by atoms with Crippen molar-refractivity contribution in [2.45, 2.75) is 31.9 Å². The molecule has 0 unspecified atom stereocenters. The average Bonchev–Trinajstić information content (AvgIpc) is 2.77. The molecule has 1 N–H and O–H groups in total. The zero-order valence-corrected chi connectivity index (χ0v) is 11.4. The van der Waals surface area contributed by atoms with Gasteiger partial charge in [0.05, 0.1) is 5.56 Å². The summed E-state index contributed by atoms with van der Waals surface area (Å²) < 4.78 is 38.4. The highest BCUT2D eigenvalue weighted by molar-refractivity contribution is 9.10. The lowest BCUT2D eigenvalue weighted by Crippen LogP contribution is -2.12. The summed E-state index contributed by atoms with van der Waals surface area (Å²) in [5.74, 6) is 0.596. The minimum Gasteiger partial charge on any atom is -0.385 e. The topological polar surface area (TPSA) is 12.0 Å². The van der Waals surface area contributed by atoms with Gasteiger partial charge in [0.1, 0.15) is 0 Å². The molecule has 1 aliphatic rings. The van der Waals surface area contributed by atoms with Gasteiger partial charge in [0.2, 0.25) is 0 Å². The molecule has 18 heavy (non-hydrogen) atoms. The molecule has 0 bridgehead atoms. The van der Waals surface area contributed by atoms with Crippen molar-refractivity contribution in [3.63, 3.8) is 0 Å². The van der Waals surface area contributed by atoms with E-state index in [-0.39, 0.29) is 0 Å². The molecule has 1 fully saturated rings. The summed E-state index contributed by atoms with van der Waals surface area (Å²) in [7, 11) is 0. The molecule has 0 saturated heterocycles. The van der Waals surface area contributed by atoms with Crippen LogP contribution in [0.25, 0.3) is 0 Å². The van der Waals surface area contributed by atoms with E-state index in [9.17, 15) is 13.2 Å². The molecular weight excluding hydrogens is 307 g/mol. The third-order valence-electron chi connectivity index (χ3n) is 3.29. The molecule has 0 aliphatic heterocycles. The number of hydrogen-bond donors (Lipinski definition) is 1. The number of alkyl halides is 3. The smallest absolute Gasteiger partial charge is 0.385 e. The number of nitrogens with one attached hydrogen (secondary N) is 1. The molecule has 0 atom stereocenters. The van der Waals surface area contributed by atoms with E-state index in [1.807, 2.05) is 0 Å². The Balaban J connectivity index is 2.05. The quantitative estimate of drug-likeness (QED) is 0.819. The van der Waals surface area contributed by atoms with Gasteiger partial charge in [0.25, 0.3) is 0 Å². The van der Waals surface area contributed by atoms with Gasteiger partial charge in [-0.25, -0.2) is 0 Å². The minimum atomic E-state index is -4.30. The van der Waals surface area contributed by atoms with Crippen molar-refractivity contribution in [1.82, 2.24) is 0 Å². The summed E-state index contributed by atoms with van der Waals surface area (Å²) >= 11 is 3.12. The fraction of sp³-hybridized carbons (Fsp3) is 0.538. The molecule has 0 radical (unpaired) electrons. The monoisotopic (exact) mass is 321 g/mol. The summed E-state index contributed by atoms with van der Waals surface area (Å²) in [5, 5.41) is 3.11. The van der Waals surface area contributed by atoms with Gasteiger partial charge in [-0.2, -0.15) is 13.2 Å².